The van der Waals surface area contributed by atoms with Gasteiger partial charge >= 0.3 is 6.03 Å². The van der Waals surface area contributed by atoms with Crippen molar-refractivity contribution in [2.24, 2.45) is 0 Å². The topological polar surface area (TPSA) is 57.3 Å². The van der Waals surface area contributed by atoms with E-state index in [4.69, 9.17) is 0 Å². The van der Waals surface area contributed by atoms with Crippen LogP contribution in [-0.4, -0.2) is 30.1 Å². The summed E-state index contributed by atoms with van der Waals surface area (Å²) in [6, 6.07) is 14.4. The number of halogens is 1. The molecule has 0 radical (unpaired) electrons. The van der Waals surface area contributed by atoms with Gasteiger partial charge in [-0.2, -0.15) is 0 Å². The Labute approximate surface area is 169 Å². The Balaban J connectivity index is 1.39. The van der Waals surface area contributed by atoms with Gasteiger partial charge in [0, 0.05) is 41.6 Å². The van der Waals surface area contributed by atoms with E-state index in [2.05, 4.69) is 20.5 Å². The number of fused-ring (bicyclic) bond motifs is 1. The predicted molar refractivity (Wildman–Crippen MR) is 115 cm³/mol. The molecule has 0 aliphatic carbocycles. The summed E-state index contributed by atoms with van der Waals surface area (Å²) in [6.45, 7) is 5.56. The molecule has 1 fully saturated rings. The first-order valence-corrected chi connectivity index (χ1v) is 9.94. The van der Waals surface area contributed by atoms with Crippen LogP contribution >= 0.6 is 0 Å². The fourth-order valence-electron chi connectivity index (χ4n) is 3.82. The van der Waals surface area contributed by atoms with Crippen LogP contribution in [-0.2, 0) is 0 Å². The molecule has 2 N–H and O–H groups in total. The summed E-state index contributed by atoms with van der Waals surface area (Å²) in [5, 5.41) is 6.78. The molecule has 0 unspecified atom stereocenters. The van der Waals surface area contributed by atoms with Crippen LogP contribution in [0.1, 0.15) is 24.1 Å². The molecule has 1 aliphatic heterocycles. The van der Waals surface area contributed by atoms with Gasteiger partial charge < -0.3 is 15.5 Å². The molecule has 1 aromatic heterocycles. The van der Waals surface area contributed by atoms with E-state index >= 15 is 0 Å². The average molecular weight is 392 g/mol. The van der Waals surface area contributed by atoms with E-state index in [9.17, 15) is 9.18 Å². The predicted octanol–water partition coefficient (Wildman–Crippen LogP) is 4.78. The lowest BCUT2D eigenvalue weighted by Crippen LogP contribution is -2.46. The SMILES string of the molecule is Cc1ccc(NC(=O)NC2CCN(c3cc(C)nc4ccc(F)cc34)CC2)cc1. The molecule has 3 aromatic rings. The highest BCUT2D eigenvalue weighted by Gasteiger charge is 2.22. The fourth-order valence-corrected chi connectivity index (χ4v) is 3.82. The third-order valence-corrected chi connectivity index (χ3v) is 5.36. The third-order valence-electron chi connectivity index (χ3n) is 5.36. The highest BCUT2D eigenvalue weighted by Crippen LogP contribution is 2.29. The monoisotopic (exact) mass is 392 g/mol. The molecule has 1 aliphatic rings. The van der Waals surface area contributed by atoms with Gasteiger partial charge in [-0.25, -0.2) is 9.18 Å². The second-order valence-corrected chi connectivity index (χ2v) is 7.67. The number of hydrogen-bond acceptors (Lipinski definition) is 3. The lowest BCUT2D eigenvalue weighted by atomic mass is 10.0. The van der Waals surface area contributed by atoms with Crippen LogP contribution in [0.5, 0.6) is 0 Å². The highest BCUT2D eigenvalue weighted by molar-refractivity contribution is 5.92. The van der Waals surface area contributed by atoms with Crippen molar-refractivity contribution in [3.8, 4) is 0 Å². The van der Waals surface area contributed by atoms with Gasteiger partial charge in [-0.1, -0.05) is 17.7 Å². The summed E-state index contributed by atoms with van der Waals surface area (Å²) >= 11 is 0. The number of amides is 2. The van der Waals surface area contributed by atoms with Crippen LogP contribution in [0.2, 0.25) is 0 Å². The van der Waals surface area contributed by atoms with Gasteiger partial charge in [0.25, 0.3) is 0 Å². The largest absolute Gasteiger partial charge is 0.371 e. The molecule has 4 rings (SSSR count). The Bertz CT molecular complexity index is 1030. The van der Waals surface area contributed by atoms with Crippen molar-refractivity contribution < 1.29 is 9.18 Å². The van der Waals surface area contributed by atoms with Crippen molar-refractivity contribution >= 4 is 28.3 Å². The maximum atomic E-state index is 13.8. The number of carbonyl (C=O) groups is 1. The molecule has 29 heavy (non-hydrogen) atoms. The number of hydrogen-bond donors (Lipinski definition) is 2. The first-order chi connectivity index (χ1) is 14.0. The lowest BCUT2D eigenvalue weighted by Gasteiger charge is -2.34. The number of anilines is 2. The Morgan fingerprint density at radius 1 is 1.07 bits per heavy atom. The summed E-state index contributed by atoms with van der Waals surface area (Å²) in [6.07, 6.45) is 1.67. The van der Waals surface area contributed by atoms with Gasteiger partial charge in [0.2, 0.25) is 0 Å². The summed E-state index contributed by atoms with van der Waals surface area (Å²) in [5.41, 5.74) is 4.67. The quantitative estimate of drug-likeness (QED) is 0.674. The first-order valence-electron chi connectivity index (χ1n) is 9.94. The number of aromatic nitrogens is 1. The maximum absolute atomic E-state index is 13.8. The Kier molecular flexibility index (Phi) is 5.34. The molecular formula is C23H25FN4O. The Morgan fingerprint density at radius 2 is 1.79 bits per heavy atom. The molecule has 1 saturated heterocycles. The van der Waals surface area contributed by atoms with Crippen LogP contribution < -0.4 is 15.5 Å². The van der Waals surface area contributed by atoms with Gasteiger partial charge in [0.15, 0.2) is 0 Å². The summed E-state index contributed by atoms with van der Waals surface area (Å²) in [7, 11) is 0. The van der Waals surface area contributed by atoms with E-state index in [0.717, 1.165) is 59.5 Å². The van der Waals surface area contributed by atoms with Gasteiger partial charge in [-0.05, 0) is 63.1 Å². The van der Waals surface area contributed by atoms with Crippen molar-refractivity contribution in [1.29, 1.82) is 0 Å². The summed E-state index contributed by atoms with van der Waals surface area (Å²) in [5.74, 6) is -0.256. The molecular weight excluding hydrogens is 367 g/mol. The van der Waals surface area contributed by atoms with Gasteiger partial charge in [0.1, 0.15) is 5.82 Å². The van der Waals surface area contributed by atoms with Gasteiger partial charge in [-0.3, -0.25) is 4.98 Å². The second-order valence-electron chi connectivity index (χ2n) is 7.67. The highest BCUT2D eigenvalue weighted by atomic mass is 19.1. The Morgan fingerprint density at radius 3 is 2.52 bits per heavy atom. The Hall–Kier alpha value is -3.15. The van der Waals surface area contributed by atoms with Crippen molar-refractivity contribution in [2.75, 3.05) is 23.3 Å². The lowest BCUT2D eigenvalue weighted by molar-refractivity contribution is 0.246. The number of urea groups is 1. The number of rotatable bonds is 3. The number of benzene rings is 2. The molecule has 6 heteroatoms. The standard InChI is InChI=1S/C23H25FN4O/c1-15-3-6-18(7-4-15)26-23(29)27-19-9-11-28(12-10-19)22-13-16(2)25-21-8-5-17(24)14-20(21)22/h3-8,13-14,19H,9-12H2,1-2H3,(H2,26,27,29). The zero-order valence-electron chi connectivity index (χ0n) is 16.7. The minimum atomic E-state index is -0.256. The van der Waals surface area contributed by atoms with Crippen molar-refractivity contribution in [3.63, 3.8) is 0 Å². The molecule has 0 spiro atoms. The number of piperidine rings is 1. The van der Waals surface area contributed by atoms with Crippen LogP contribution in [0.25, 0.3) is 10.9 Å². The van der Waals surface area contributed by atoms with Crippen molar-refractivity contribution in [2.45, 2.75) is 32.7 Å². The number of nitrogens with one attached hydrogen (secondary N) is 2. The minimum absolute atomic E-state index is 0.114. The van der Waals surface area contributed by atoms with E-state index in [0.29, 0.717) is 0 Å². The number of pyridine rings is 1. The number of carbonyl (C=O) groups excluding carboxylic acids is 1. The van der Waals surface area contributed by atoms with Crippen LogP contribution in [0.4, 0.5) is 20.6 Å². The molecule has 2 heterocycles. The summed E-state index contributed by atoms with van der Waals surface area (Å²) in [4.78, 5) is 19.1. The summed E-state index contributed by atoms with van der Waals surface area (Å²) < 4.78 is 13.8. The van der Waals surface area contributed by atoms with E-state index in [1.54, 1.807) is 12.1 Å². The van der Waals surface area contributed by atoms with E-state index in [1.807, 2.05) is 44.2 Å². The van der Waals surface area contributed by atoms with E-state index in [-0.39, 0.29) is 17.9 Å². The van der Waals surface area contributed by atoms with Crippen molar-refractivity contribution in [3.05, 3.63) is 65.6 Å². The average Bonchev–Trinajstić information content (AvgIpc) is 2.70. The number of nitrogens with zero attached hydrogens (tertiary/aromatic N) is 2. The van der Waals surface area contributed by atoms with E-state index < -0.39 is 0 Å². The van der Waals surface area contributed by atoms with Crippen LogP contribution in [0, 0.1) is 19.7 Å². The normalized spacial score (nSPS) is 14.8. The zero-order chi connectivity index (χ0) is 20.4. The van der Waals surface area contributed by atoms with Crippen molar-refractivity contribution in [1.82, 2.24) is 10.3 Å². The smallest absolute Gasteiger partial charge is 0.319 e. The van der Waals surface area contributed by atoms with E-state index in [1.165, 1.54) is 6.07 Å². The molecule has 5 nitrogen and oxygen atoms in total. The zero-order valence-corrected chi connectivity index (χ0v) is 16.7. The molecule has 2 aromatic carbocycles. The third kappa shape index (κ3) is 4.47. The maximum Gasteiger partial charge on any atom is 0.319 e. The first kappa shape index (κ1) is 19.2. The second kappa shape index (κ2) is 8.07. The minimum Gasteiger partial charge on any atom is -0.371 e. The van der Waals surface area contributed by atoms with Gasteiger partial charge in [-0.15, -0.1) is 0 Å². The molecule has 0 bridgehead atoms. The molecule has 0 saturated carbocycles. The molecule has 150 valence electrons. The van der Waals surface area contributed by atoms with Crippen LogP contribution in [0.15, 0.2) is 48.5 Å². The fraction of sp³-hybridized carbons (Fsp3) is 0.304. The number of aryl methyl sites for hydroxylation is 2. The molecule has 0 atom stereocenters. The van der Waals surface area contributed by atoms with Gasteiger partial charge in [0.05, 0.1) is 5.52 Å². The molecule has 2 amide bonds. The van der Waals surface area contributed by atoms with Crippen LogP contribution in [0.3, 0.4) is 0 Å².